The standard InChI is InChI=1S/C15H29N3S/c1-5-18-8-6-12(11-18)10-16-14-17-13(7-9-19-14)15(2,3)4/h12-13H,5-11H2,1-4H3,(H,16,17). The van der Waals surface area contributed by atoms with Gasteiger partial charge in [-0.2, -0.15) is 0 Å². The van der Waals surface area contributed by atoms with E-state index in [1.165, 1.54) is 43.4 Å². The van der Waals surface area contributed by atoms with Crippen molar-refractivity contribution < 1.29 is 0 Å². The first kappa shape index (κ1) is 15.2. The molecule has 2 atom stereocenters. The van der Waals surface area contributed by atoms with Crippen molar-refractivity contribution in [2.24, 2.45) is 16.3 Å². The quantitative estimate of drug-likeness (QED) is 0.863. The van der Waals surface area contributed by atoms with E-state index < -0.39 is 0 Å². The third-order valence-electron chi connectivity index (χ3n) is 4.30. The average molecular weight is 283 g/mol. The maximum atomic E-state index is 4.84. The first-order valence-corrected chi connectivity index (χ1v) is 8.63. The Morgan fingerprint density at radius 2 is 2.16 bits per heavy atom. The van der Waals surface area contributed by atoms with Crippen molar-refractivity contribution in [3.05, 3.63) is 0 Å². The molecule has 0 spiro atoms. The van der Waals surface area contributed by atoms with E-state index in [0.29, 0.717) is 11.5 Å². The molecular formula is C15H29N3S. The predicted molar refractivity (Wildman–Crippen MR) is 86.0 cm³/mol. The van der Waals surface area contributed by atoms with E-state index in [1.54, 1.807) is 0 Å². The molecule has 0 amide bonds. The van der Waals surface area contributed by atoms with Gasteiger partial charge in [0.2, 0.25) is 0 Å². The summed E-state index contributed by atoms with van der Waals surface area (Å²) in [4.78, 5) is 7.37. The number of nitrogens with one attached hydrogen (secondary N) is 1. The van der Waals surface area contributed by atoms with Gasteiger partial charge in [0, 0.05) is 24.9 Å². The highest BCUT2D eigenvalue weighted by Gasteiger charge is 2.28. The van der Waals surface area contributed by atoms with E-state index in [2.05, 4.69) is 37.9 Å². The summed E-state index contributed by atoms with van der Waals surface area (Å²) in [6, 6.07) is 0.572. The number of aliphatic imine (C=N–C) groups is 1. The molecule has 2 unspecified atom stereocenters. The van der Waals surface area contributed by atoms with Gasteiger partial charge in [-0.1, -0.05) is 39.5 Å². The molecule has 1 N–H and O–H groups in total. The Kier molecular flexibility index (Phi) is 5.18. The molecular weight excluding hydrogens is 254 g/mol. The Morgan fingerprint density at radius 3 is 2.79 bits per heavy atom. The molecule has 2 fully saturated rings. The zero-order chi connectivity index (χ0) is 13.9. The molecule has 2 aliphatic rings. The number of hydrogen-bond donors (Lipinski definition) is 1. The van der Waals surface area contributed by atoms with E-state index in [-0.39, 0.29) is 0 Å². The third-order valence-corrected chi connectivity index (χ3v) is 5.26. The summed E-state index contributed by atoms with van der Waals surface area (Å²) >= 11 is 1.90. The molecule has 0 aliphatic carbocycles. The highest BCUT2D eigenvalue weighted by Crippen LogP contribution is 2.27. The zero-order valence-electron chi connectivity index (χ0n) is 12.9. The van der Waals surface area contributed by atoms with Crippen LogP contribution in [0.25, 0.3) is 0 Å². The summed E-state index contributed by atoms with van der Waals surface area (Å²) in [6.45, 7) is 13.9. The number of hydrogen-bond acceptors (Lipinski definition) is 3. The van der Waals surface area contributed by atoms with Crippen LogP contribution in [-0.4, -0.2) is 48.0 Å². The van der Waals surface area contributed by atoms with Gasteiger partial charge >= 0.3 is 0 Å². The van der Waals surface area contributed by atoms with Crippen LogP contribution in [0.15, 0.2) is 4.99 Å². The second-order valence-corrected chi connectivity index (χ2v) is 7.98. The minimum absolute atomic E-state index is 0.327. The smallest absolute Gasteiger partial charge is 0.156 e. The molecule has 3 nitrogen and oxygen atoms in total. The van der Waals surface area contributed by atoms with Crippen LogP contribution >= 0.6 is 11.8 Å². The van der Waals surface area contributed by atoms with Crippen molar-refractivity contribution in [3.8, 4) is 0 Å². The van der Waals surface area contributed by atoms with Gasteiger partial charge in [0.15, 0.2) is 5.17 Å². The SMILES string of the molecule is CCN1CCC(CN=C2NC(C(C)(C)C)CCS2)C1. The summed E-state index contributed by atoms with van der Waals surface area (Å²) < 4.78 is 0. The maximum absolute atomic E-state index is 4.84. The van der Waals surface area contributed by atoms with Crippen LogP contribution in [0.1, 0.15) is 40.5 Å². The Labute approximate surface area is 122 Å². The van der Waals surface area contributed by atoms with Crippen LogP contribution in [0.2, 0.25) is 0 Å². The molecule has 0 radical (unpaired) electrons. The normalized spacial score (nSPS) is 31.7. The van der Waals surface area contributed by atoms with Crippen LogP contribution < -0.4 is 5.32 Å². The topological polar surface area (TPSA) is 27.6 Å². The van der Waals surface area contributed by atoms with Crippen molar-refractivity contribution in [2.75, 3.05) is 31.9 Å². The van der Waals surface area contributed by atoms with Crippen molar-refractivity contribution >= 4 is 16.9 Å². The third kappa shape index (κ3) is 4.38. The van der Waals surface area contributed by atoms with Gasteiger partial charge in [-0.3, -0.25) is 4.99 Å². The van der Waals surface area contributed by atoms with Gasteiger partial charge in [-0.05, 0) is 37.3 Å². The van der Waals surface area contributed by atoms with Crippen LogP contribution in [0.3, 0.4) is 0 Å². The fourth-order valence-corrected chi connectivity index (χ4v) is 3.78. The summed E-state index contributed by atoms with van der Waals surface area (Å²) in [5.41, 5.74) is 0.327. The molecule has 2 saturated heterocycles. The second kappa shape index (κ2) is 6.49. The van der Waals surface area contributed by atoms with Gasteiger partial charge in [0.25, 0.3) is 0 Å². The predicted octanol–water partition coefficient (Wildman–Crippen LogP) is 2.83. The second-order valence-electron chi connectivity index (χ2n) is 6.89. The highest BCUT2D eigenvalue weighted by atomic mass is 32.2. The molecule has 110 valence electrons. The molecule has 0 saturated carbocycles. The minimum atomic E-state index is 0.327. The summed E-state index contributed by atoms with van der Waals surface area (Å²) in [5.74, 6) is 1.98. The lowest BCUT2D eigenvalue weighted by Gasteiger charge is -2.35. The van der Waals surface area contributed by atoms with E-state index in [1.807, 2.05) is 11.8 Å². The first-order valence-electron chi connectivity index (χ1n) is 7.65. The molecule has 0 aromatic carbocycles. The lowest BCUT2D eigenvalue weighted by Crippen LogP contribution is -2.46. The molecule has 0 aromatic rings. The van der Waals surface area contributed by atoms with Crippen LogP contribution in [0, 0.1) is 11.3 Å². The number of thioether (sulfide) groups is 1. The van der Waals surface area contributed by atoms with Crippen LogP contribution in [0.5, 0.6) is 0 Å². The Morgan fingerprint density at radius 1 is 1.37 bits per heavy atom. The van der Waals surface area contributed by atoms with Gasteiger partial charge in [0.1, 0.15) is 0 Å². The molecule has 4 heteroatoms. The number of likely N-dealkylation sites (tertiary alicyclic amines) is 1. The highest BCUT2D eigenvalue weighted by molar-refractivity contribution is 8.13. The van der Waals surface area contributed by atoms with Gasteiger partial charge in [0.05, 0.1) is 0 Å². The number of rotatable bonds is 3. The molecule has 2 heterocycles. The average Bonchev–Trinajstić information content (AvgIpc) is 2.84. The lowest BCUT2D eigenvalue weighted by molar-refractivity contribution is 0.290. The zero-order valence-corrected chi connectivity index (χ0v) is 13.7. The van der Waals surface area contributed by atoms with Crippen molar-refractivity contribution in [3.63, 3.8) is 0 Å². The largest absolute Gasteiger partial charge is 0.362 e. The molecule has 0 aromatic heterocycles. The molecule has 2 aliphatic heterocycles. The Bertz CT molecular complexity index is 322. The number of amidine groups is 1. The first-order chi connectivity index (χ1) is 8.99. The fourth-order valence-electron chi connectivity index (χ4n) is 2.84. The van der Waals surface area contributed by atoms with E-state index in [0.717, 1.165) is 12.5 Å². The summed E-state index contributed by atoms with van der Waals surface area (Å²) in [5, 5.41) is 4.82. The molecule has 2 rings (SSSR count). The minimum Gasteiger partial charge on any atom is -0.362 e. The lowest BCUT2D eigenvalue weighted by atomic mass is 9.85. The van der Waals surface area contributed by atoms with Crippen molar-refractivity contribution in [2.45, 2.75) is 46.6 Å². The fraction of sp³-hybridized carbons (Fsp3) is 0.933. The van der Waals surface area contributed by atoms with Gasteiger partial charge < -0.3 is 10.2 Å². The van der Waals surface area contributed by atoms with Crippen molar-refractivity contribution in [1.82, 2.24) is 10.2 Å². The summed E-state index contributed by atoms with van der Waals surface area (Å²) in [7, 11) is 0. The van der Waals surface area contributed by atoms with E-state index >= 15 is 0 Å². The van der Waals surface area contributed by atoms with Crippen LogP contribution in [0.4, 0.5) is 0 Å². The van der Waals surface area contributed by atoms with Gasteiger partial charge in [-0.15, -0.1) is 0 Å². The van der Waals surface area contributed by atoms with Crippen molar-refractivity contribution in [1.29, 1.82) is 0 Å². The van der Waals surface area contributed by atoms with E-state index in [9.17, 15) is 0 Å². The van der Waals surface area contributed by atoms with Gasteiger partial charge in [-0.25, -0.2) is 0 Å². The molecule has 0 bridgehead atoms. The monoisotopic (exact) mass is 283 g/mol. The summed E-state index contributed by atoms with van der Waals surface area (Å²) in [6.07, 6.45) is 2.57. The number of nitrogens with zero attached hydrogens (tertiary/aromatic N) is 2. The van der Waals surface area contributed by atoms with E-state index in [4.69, 9.17) is 4.99 Å². The Balaban J connectivity index is 1.83. The Hall–Kier alpha value is -0.220. The molecule has 19 heavy (non-hydrogen) atoms. The van der Waals surface area contributed by atoms with Crippen LogP contribution in [-0.2, 0) is 0 Å². The maximum Gasteiger partial charge on any atom is 0.156 e.